The summed E-state index contributed by atoms with van der Waals surface area (Å²) < 4.78 is 33.2. The third-order valence-electron chi connectivity index (χ3n) is 4.63. The average molecular weight is 471 g/mol. The molecular formula is C23H30N6O3S. The Labute approximate surface area is 195 Å². The van der Waals surface area contributed by atoms with Crippen molar-refractivity contribution in [3.8, 4) is 5.75 Å². The predicted octanol–water partition coefficient (Wildman–Crippen LogP) is 3.80. The number of anilines is 3. The highest BCUT2D eigenvalue weighted by Crippen LogP contribution is 2.17. The van der Waals surface area contributed by atoms with Crippen LogP contribution in [0.2, 0.25) is 0 Å². The van der Waals surface area contributed by atoms with Gasteiger partial charge in [-0.05, 0) is 62.2 Å². The lowest BCUT2D eigenvalue weighted by Crippen LogP contribution is -2.29. The lowest BCUT2D eigenvalue weighted by Gasteiger charge is -2.11. The molecule has 3 rings (SSSR count). The summed E-state index contributed by atoms with van der Waals surface area (Å²) in [5.74, 6) is 3.12. The molecule has 0 unspecified atom stereocenters. The van der Waals surface area contributed by atoms with E-state index in [0.29, 0.717) is 42.2 Å². The molecule has 2 aromatic heterocycles. The molecule has 3 aromatic rings. The lowest BCUT2D eigenvalue weighted by molar-refractivity contribution is 0.309. The fourth-order valence-corrected chi connectivity index (χ4v) is 4.00. The van der Waals surface area contributed by atoms with Gasteiger partial charge in [-0.15, -0.1) is 0 Å². The van der Waals surface area contributed by atoms with Crippen molar-refractivity contribution in [3.05, 3.63) is 60.0 Å². The van der Waals surface area contributed by atoms with E-state index in [1.54, 1.807) is 43.5 Å². The van der Waals surface area contributed by atoms with Crippen molar-refractivity contribution in [2.24, 2.45) is 0 Å². The zero-order valence-electron chi connectivity index (χ0n) is 19.1. The van der Waals surface area contributed by atoms with Crippen LogP contribution in [0.4, 0.5) is 17.5 Å². The second-order valence-corrected chi connectivity index (χ2v) is 9.29. The molecule has 2 heterocycles. The second kappa shape index (κ2) is 11.6. The van der Waals surface area contributed by atoms with E-state index in [4.69, 9.17) is 4.74 Å². The highest BCUT2D eigenvalue weighted by molar-refractivity contribution is 7.89. The number of rotatable bonds is 12. The van der Waals surface area contributed by atoms with Crippen molar-refractivity contribution < 1.29 is 13.2 Å². The van der Waals surface area contributed by atoms with Crippen LogP contribution in [-0.4, -0.2) is 43.1 Å². The van der Waals surface area contributed by atoms with Crippen LogP contribution in [-0.2, 0) is 10.0 Å². The quantitative estimate of drug-likeness (QED) is 0.342. The van der Waals surface area contributed by atoms with Gasteiger partial charge in [0.15, 0.2) is 0 Å². The molecule has 0 fully saturated rings. The van der Waals surface area contributed by atoms with E-state index in [1.165, 1.54) is 0 Å². The maximum Gasteiger partial charge on any atom is 0.240 e. The largest absolute Gasteiger partial charge is 0.494 e. The number of aryl methyl sites for hydroxylation is 2. The number of pyridine rings is 1. The molecule has 3 N–H and O–H groups in total. The molecule has 0 aliphatic heterocycles. The molecule has 0 atom stereocenters. The number of hydrogen-bond donors (Lipinski definition) is 3. The summed E-state index contributed by atoms with van der Waals surface area (Å²) >= 11 is 0. The second-order valence-electron chi connectivity index (χ2n) is 7.53. The SMILES string of the molecule is CCCCOc1ccc(S(=O)(=O)NCCNc2cc(Nc3cc(C)ccn3)nc(C)n2)cc1. The number of nitrogens with one attached hydrogen (secondary N) is 3. The molecule has 176 valence electrons. The average Bonchev–Trinajstić information content (AvgIpc) is 2.77. The Balaban J connectivity index is 1.52. The van der Waals surface area contributed by atoms with Crippen molar-refractivity contribution in [2.75, 3.05) is 30.3 Å². The molecule has 0 saturated carbocycles. The lowest BCUT2D eigenvalue weighted by atomic mass is 10.3. The summed E-state index contributed by atoms with van der Waals surface area (Å²) in [4.78, 5) is 13.2. The smallest absolute Gasteiger partial charge is 0.240 e. The maximum absolute atomic E-state index is 12.5. The van der Waals surface area contributed by atoms with Crippen LogP contribution in [0.25, 0.3) is 0 Å². The highest BCUT2D eigenvalue weighted by Gasteiger charge is 2.13. The van der Waals surface area contributed by atoms with E-state index in [-0.39, 0.29) is 11.4 Å². The number of nitrogens with zero attached hydrogens (tertiary/aromatic N) is 3. The molecule has 0 aliphatic carbocycles. The molecule has 1 aromatic carbocycles. The third-order valence-corrected chi connectivity index (χ3v) is 6.11. The Morgan fingerprint density at radius 2 is 1.70 bits per heavy atom. The van der Waals surface area contributed by atoms with Crippen molar-refractivity contribution in [2.45, 2.75) is 38.5 Å². The molecule has 0 spiro atoms. The normalized spacial score (nSPS) is 11.2. The van der Waals surface area contributed by atoms with E-state index in [0.717, 1.165) is 18.4 Å². The minimum atomic E-state index is -3.62. The van der Waals surface area contributed by atoms with Crippen LogP contribution < -0.4 is 20.1 Å². The topological polar surface area (TPSA) is 118 Å². The van der Waals surface area contributed by atoms with Gasteiger partial charge in [-0.25, -0.2) is 28.1 Å². The van der Waals surface area contributed by atoms with E-state index in [2.05, 4.69) is 37.2 Å². The molecular weight excluding hydrogens is 440 g/mol. The van der Waals surface area contributed by atoms with Gasteiger partial charge in [0.25, 0.3) is 0 Å². The highest BCUT2D eigenvalue weighted by atomic mass is 32.2. The van der Waals surface area contributed by atoms with E-state index in [9.17, 15) is 8.42 Å². The van der Waals surface area contributed by atoms with Gasteiger partial charge in [0.05, 0.1) is 11.5 Å². The molecule has 0 bridgehead atoms. The van der Waals surface area contributed by atoms with Crippen molar-refractivity contribution >= 4 is 27.5 Å². The van der Waals surface area contributed by atoms with Gasteiger partial charge in [-0.2, -0.15) is 0 Å². The van der Waals surface area contributed by atoms with Crippen molar-refractivity contribution in [1.29, 1.82) is 0 Å². The first kappa shape index (κ1) is 24.4. The first-order chi connectivity index (χ1) is 15.9. The van der Waals surface area contributed by atoms with Crippen molar-refractivity contribution in [1.82, 2.24) is 19.7 Å². The molecule has 33 heavy (non-hydrogen) atoms. The van der Waals surface area contributed by atoms with Crippen LogP contribution in [0, 0.1) is 13.8 Å². The summed E-state index contributed by atoms with van der Waals surface area (Å²) in [6, 6.07) is 12.0. The number of unbranched alkanes of at least 4 members (excludes halogenated alkanes) is 1. The van der Waals surface area contributed by atoms with E-state index < -0.39 is 10.0 Å². The summed E-state index contributed by atoms with van der Waals surface area (Å²) in [7, 11) is -3.62. The van der Waals surface area contributed by atoms with Gasteiger partial charge in [0, 0.05) is 25.4 Å². The molecule has 0 aliphatic rings. The summed E-state index contributed by atoms with van der Waals surface area (Å²) in [6.45, 7) is 7.04. The minimum Gasteiger partial charge on any atom is -0.494 e. The number of sulfonamides is 1. The minimum absolute atomic E-state index is 0.195. The summed E-state index contributed by atoms with van der Waals surface area (Å²) in [5.41, 5.74) is 1.09. The zero-order chi connectivity index (χ0) is 23.7. The van der Waals surface area contributed by atoms with Crippen molar-refractivity contribution in [3.63, 3.8) is 0 Å². The predicted molar refractivity (Wildman–Crippen MR) is 130 cm³/mol. The molecule has 10 heteroatoms. The van der Waals surface area contributed by atoms with Gasteiger partial charge in [-0.1, -0.05) is 13.3 Å². The Hall–Kier alpha value is -3.24. The Morgan fingerprint density at radius 1 is 0.939 bits per heavy atom. The molecule has 0 amide bonds. The Morgan fingerprint density at radius 3 is 2.42 bits per heavy atom. The van der Waals surface area contributed by atoms with Crippen LogP contribution >= 0.6 is 0 Å². The van der Waals surface area contributed by atoms with E-state index >= 15 is 0 Å². The van der Waals surface area contributed by atoms with Gasteiger partial charge in [-0.3, -0.25) is 0 Å². The van der Waals surface area contributed by atoms with Gasteiger partial charge >= 0.3 is 0 Å². The molecule has 9 nitrogen and oxygen atoms in total. The first-order valence-corrected chi connectivity index (χ1v) is 12.4. The number of hydrogen-bond acceptors (Lipinski definition) is 8. The standard InChI is InChI=1S/C23H30N6O3S/c1-4-5-14-32-19-6-8-20(9-7-19)33(30,31)26-13-12-25-22-16-23(28-18(3)27-22)29-21-15-17(2)10-11-24-21/h6-11,15-16,26H,4-5,12-14H2,1-3H3,(H2,24,25,27,28,29). The number of ether oxygens (including phenoxy) is 1. The molecule has 0 saturated heterocycles. The fourth-order valence-electron chi connectivity index (χ4n) is 2.97. The Bertz CT molecular complexity index is 1150. The van der Waals surface area contributed by atoms with Gasteiger partial charge in [0.2, 0.25) is 10.0 Å². The van der Waals surface area contributed by atoms with Crippen LogP contribution in [0.15, 0.2) is 53.6 Å². The van der Waals surface area contributed by atoms with Gasteiger partial charge < -0.3 is 15.4 Å². The van der Waals surface area contributed by atoms with Gasteiger partial charge in [0.1, 0.15) is 29.0 Å². The van der Waals surface area contributed by atoms with Crippen LogP contribution in [0.1, 0.15) is 31.2 Å². The first-order valence-electron chi connectivity index (χ1n) is 10.9. The summed E-state index contributed by atoms with van der Waals surface area (Å²) in [5, 5.41) is 6.29. The molecule has 0 radical (unpaired) electrons. The van der Waals surface area contributed by atoms with Crippen LogP contribution in [0.5, 0.6) is 5.75 Å². The zero-order valence-corrected chi connectivity index (χ0v) is 19.9. The number of benzene rings is 1. The third kappa shape index (κ3) is 7.69. The fraction of sp³-hybridized carbons (Fsp3) is 0.348. The maximum atomic E-state index is 12.5. The Kier molecular flexibility index (Phi) is 8.56. The van der Waals surface area contributed by atoms with E-state index in [1.807, 2.05) is 19.1 Å². The summed E-state index contributed by atoms with van der Waals surface area (Å²) in [6.07, 6.45) is 3.73. The van der Waals surface area contributed by atoms with Crippen LogP contribution in [0.3, 0.4) is 0 Å². The number of aromatic nitrogens is 3. The monoisotopic (exact) mass is 470 g/mol.